The summed E-state index contributed by atoms with van der Waals surface area (Å²) in [4.78, 5) is 0. The van der Waals surface area contributed by atoms with Crippen LogP contribution in [0.3, 0.4) is 0 Å². The molecule has 0 atom stereocenters. The second-order valence-electron chi connectivity index (χ2n) is 12.8. The van der Waals surface area contributed by atoms with Gasteiger partial charge in [-0.15, -0.1) is 11.3 Å². The Morgan fingerprint density at radius 3 is 2.10 bits per heavy atom. The number of thiophene rings is 1. The number of nitrogens with zero attached hydrogens (tertiary/aromatic N) is 2. The predicted octanol–water partition coefficient (Wildman–Crippen LogP) is 13.6. The first-order valence-corrected chi connectivity index (χ1v) is 17.7. The number of aromatic nitrogens is 2. The summed E-state index contributed by atoms with van der Waals surface area (Å²) < 4.78 is 70.9. The molecule has 3 aromatic heterocycles. The molecule has 0 N–H and O–H groups in total. The monoisotopic (exact) mass is 673 g/mol. The van der Waals surface area contributed by atoms with Crippen molar-refractivity contribution in [2.24, 2.45) is 0 Å². The van der Waals surface area contributed by atoms with Crippen molar-refractivity contribution < 1.29 is 9.60 Å². The summed E-state index contributed by atoms with van der Waals surface area (Å²) in [5.41, 5.74) is 6.92. The maximum atomic E-state index is 9.90. The summed E-state index contributed by atoms with van der Waals surface area (Å²) in [6.45, 7) is 0. The molecule has 0 aliphatic heterocycles. The number of hydrogen-bond donors (Lipinski definition) is 0. The van der Waals surface area contributed by atoms with Crippen LogP contribution in [0.4, 0.5) is 0 Å². The quantitative estimate of drug-likeness (QED) is 0.176. The minimum atomic E-state index is -0.414. The molecule has 238 valence electrons. The molecule has 8 aromatic carbocycles. The Hall–Kier alpha value is -6.42. The second-order valence-corrected chi connectivity index (χ2v) is 13.8. The Balaban J connectivity index is 1.25. The number of para-hydroxylation sites is 3. The van der Waals surface area contributed by atoms with Crippen LogP contribution in [0.5, 0.6) is 0 Å². The number of benzene rings is 8. The van der Waals surface area contributed by atoms with Gasteiger partial charge in [-0.05, 0) is 71.2 Å². The average molecular weight is 674 g/mol. The van der Waals surface area contributed by atoms with Gasteiger partial charge < -0.3 is 9.13 Å². The van der Waals surface area contributed by atoms with E-state index in [0.717, 1.165) is 58.8 Å². The fraction of sp³-hybridized carbons (Fsp3) is 0. The van der Waals surface area contributed by atoms with Gasteiger partial charge in [-0.1, -0.05) is 127 Å². The summed E-state index contributed by atoms with van der Waals surface area (Å²) in [6, 6.07) is 44.8. The Morgan fingerprint density at radius 1 is 0.451 bits per heavy atom. The van der Waals surface area contributed by atoms with Crippen LogP contribution in [-0.4, -0.2) is 9.13 Å². The topological polar surface area (TPSA) is 9.86 Å². The van der Waals surface area contributed by atoms with E-state index in [2.05, 4.69) is 47.0 Å². The van der Waals surface area contributed by atoms with Crippen LogP contribution in [0, 0.1) is 0 Å². The molecule has 0 saturated heterocycles. The molecule has 0 amide bonds. The van der Waals surface area contributed by atoms with Gasteiger partial charge >= 0.3 is 0 Å². The van der Waals surface area contributed by atoms with E-state index in [1.54, 1.807) is 15.9 Å². The number of hydrogen-bond acceptors (Lipinski definition) is 1. The summed E-state index contributed by atoms with van der Waals surface area (Å²) in [7, 11) is 0. The summed E-state index contributed by atoms with van der Waals surface area (Å²) in [5.74, 6) is 0. The highest BCUT2D eigenvalue weighted by Gasteiger charge is 2.19. The highest BCUT2D eigenvalue weighted by Crippen LogP contribution is 2.43. The van der Waals surface area contributed by atoms with Gasteiger partial charge in [0.05, 0.1) is 42.0 Å². The molecule has 51 heavy (non-hydrogen) atoms. The Bertz CT molecular complexity index is 3530. The van der Waals surface area contributed by atoms with Crippen LogP contribution in [0.15, 0.2) is 182 Å². The Labute approximate surface area is 308 Å². The molecular formula is C48H30N2S. The van der Waals surface area contributed by atoms with Crippen LogP contribution in [0.1, 0.15) is 9.60 Å². The lowest BCUT2D eigenvalue weighted by atomic mass is 9.99. The standard InChI is InChI=1S/C48H30N2S/c1-3-13-31(14-4-1)35-19-11-20-38-41-30-33(25-27-43(41)49(47(35)38)34-15-5-2-6-16-34)32-26-28-44-40(29-32)36-17-7-9-22-42(36)50(44)45-23-12-21-39-37-18-8-10-24-46(37)51-48(39)45/h1-30H/i7D,9D,17D,22D,26D,28D,29D. The van der Waals surface area contributed by atoms with E-state index in [-0.39, 0.29) is 57.6 Å². The number of rotatable bonds is 4. The molecule has 0 unspecified atom stereocenters. The van der Waals surface area contributed by atoms with Gasteiger partial charge in [0, 0.05) is 48.3 Å². The van der Waals surface area contributed by atoms with Crippen molar-refractivity contribution >= 4 is 75.1 Å². The fourth-order valence-corrected chi connectivity index (χ4v) is 8.93. The first-order chi connectivity index (χ1) is 28.2. The fourth-order valence-electron chi connectivity index (χ4n) is 7.73. The van der Waals surface area contributed by atoms with E-state index >= 15 is 0 Å². The summed E-state index contributed by atoms with van der Waals surface area (Å²) >= 11 is 1.57. The van der Waals surface area contributed by atoms with Crippen LogP contribution in [-0.2, 0) is 0 Å². The van der Waals surface area contributed by atoms with E-state index in [0.29, 0.717) is 11.3 Å². The van der Waals surface area contributed by atoms with E-state index in [1.807, 2.05) is 97.1 Å². The van der Waals surface area contributed by atoms with Gasteiger partial charge in [-0.2, -0.15) is 0 Å². The molecule has 0 fully saturated rings. The maximum Gasteiger partial charge on any atom is 0.0645 e. The van der Waals surface area contributed by atoms with E-state index < -0.39 is 12.1 Å². The normalized spacial score (nSPS) is 13.8. The molecule has 2 nitrogen and oxygen atoms in total. The van der Waals surface area contributed by atoms with Crippen molar-refractivity contribution in [1.82, 2.24) is 9.13 Å². The molecule has 0 radical (unpaired) electrons. The average Bonchev–Trinajstić information content (AvgIpc) is 3.93. The zero-order chi connectivity index (χ0) is 39.6. The van der Waals surface area contributed by atoms with Crippen LogP contribution in [0.25, 0.3) is 97.4 Å². The van der Waals surface area contributed by atoms with Crippen LogP contribution >= 0.6 is 11.3 Å². The van der Waals surface area contributed by atoms with Crippen LogP contribution in [0.2, 0.25) is 0 Å². The molecule has 0 aliphatic rings. The maximum absolute atomic E-state index is 9.90. The van der Waals surface area contributed by atoms with Gasteiger partial charge in [0.2, 0.25) is 0 Å². The first kappa shape index (κ1) is 22.3. The second kappa shape index (κ2) is 11.0. The molecule has 3 heteroatoms. The summed E-state index contributed by atoms with van der Waals surface area (Å²) in [6.07, 6.45) is 0. The third-order valence-corrected chi connectivity index (χ3v) is 11.2. The minimum Gasteiger partial charge on any atom is -0.309 e. The van der Waals surface area contributed by atoms with Crippen molar-refractivity contribution in [3.8, 4) is 33.6 Å². The van der Waals surface area contributed by atoms with Crippen molar-refractivity contribution in [2.75, 3.05) is 0 Å². The molecular weight excluding hydrogens is 637 g/mol. The Morgan fingerprint density at radius 2 is 1.20 bits per heavy atom. The molecule has 0 aliphatic carbocycles. The van der Waals surface area contributed by atoms with Gasteiger partial charge in [-0.25, -0.2) is 0 Å². The summed E-state index contributed by atoms with van der Waals surface area (Å²) in [5, 5.41) is 4.33. The third-order valence-electron chi connectivity index (χ3n) is 9.96. The smallest absolute Gasteiger partial charge is 0.0645 e. The molecule has 3 heterocycles. The zero-order valence-corrected chi connectivity index (χ0v) is 27.9. The minimum absolute atomic E-state index is 0.0654. The lowest BCUT2D eigenvalue weighted by Gasteiger charge is -2.12. The SMILES string of the molecule is [2H]c1c([2H])c([2H])c2c(c1[2H])c1c([2H])c(-c3ccc4c(c3)c3cccc(-c5ccccc5)c3n4-c3ccccc3)c([2H])c([2H])c1n2-c1cccc2c1sc1ccccc12. The third kappa shape index (κ3) is 4.22. The molecule has 0 bridgehead atoms. The van der Waals surface area contributed by atoms with Crippen molar-refractivity contribution in [3.05, 3.63) is 182 Å². The molecule has 0 spiro atoms. The van der Waals surface area contributed by atoms with E-state index in [1.165, 1.54) is 0 Å². The number of fused-ring (bicyclic) bond motifs is 9. The van der Waals surface area contributed by atoms with E-state index in [4.69, 9.17) is 2.74 Å². The van der Waals surface area contributed by atoms with Crippen molar-refractivity contribution in [1.29, 1.82) is 0 Å². The molecule has 11 aromatic rings. The first-order valence-electron chi connectivity index (χ1n) is 20.4. The van der Waals surface area contributed by atoms with Gasteiger partial charge in [0.15, 0.2) is 0 Å². The lowest BCUT2D eigenvalue weighted by molar-refractivity contribution is 1.18. The largest absolute Gasteiger partial charge is 0.309 e. The molecule has 0 saturated carbocycles. The van der Waals surface area contributed by atoms with Gasteiger partial charge in [0.25, 0.3) is 0 Å². The highest BCUT2D eigenvalue weighted by atomic mass is 32.1. The predicted molar refractivity (Wildman–Crippen MR) is 219 cm³/mol. The van der Waals surface area contributed by atoms with E-state index in [9.17, 15) is 6.85 Å². The zero-order valence-electron chi connectivity index (χ0n) is 34.1. The van der Waals surface area contributed by atoms with Gasteiger partial charge in [0.1, 0.15) is 0 Å². The van der Waals surface area contributed by atoms with Crippen molar-refractivity contribution in [2.45, 2.75) is 0 Å². The highest BCUT2D eigenvalue weighted by molar-refractivity contribution is 7.26. The van der Waals surface area contributed by atoms with Gasteiger partial charge in [-0.3, -0.25) is 0 Å². The van der Waals surface area contributed by atoms with Crippen molar-refractivity contribution in [3.63, 3.8) is 0 Å². The molecule has 11 rings (SSSR count). The lowest BCUT2D eigenvalue weighted by Crippen LogP contribution is -1.95. The van der Waals surface area contributed by atoms with Crippen LogP contribution < -0.4 is 0 Å². The Kier molecular flexibility index (Phi) is 4.84.